The van der Waals surface area contributed by atoms with Crippen LogP contribution in [0.25, 0.3) is 5.57 Å². The molecule has 1 heteroatoms. The third-order valence-electron chi connectivity index (χ3n) is 6.94. The molecule has 0 aliphatic heterocycles. The number of allylic oxidation sites excluding steroid dienone is 2. The highest BCUT2D eigenvalue weighted by atomic mass is 14.9. The summed E-state index contributed by atoms with van der Waals surface area (Å²) in [7, 11) is 0. The number of hydrogen-bond donors (Lipinski definition) is 1. The summed E-state index contributed by atoms with van der Waals surface area (Å²) in [5.41, 5.74) is 8.32. The predicted molar refractivity (Wildman–Crippen MR) is 125 cm³/mol. The van der Waals surface area contributed by atoms with Crippen LogP contribution in [-0.2, 0) is 19.3 Å². The van der Waals surface area contributed by atoms with Gasteiger partial charge in [0.25, 0.3) is 0 Å². The van der Waals surface area contributed by atoms with Gasteiger partial charge in [-0.05, 0) is 66.4 Å². The first-order valence-electron chi connectivity index (χ1n) is 11.5. The number of rotatable bonds is 6. The second-order valence-electron chi connectivity index (χ2n) is 9.11. The number of fused-ring (bicyclic) bond motifs is 1. The van der Waals surface area contributed by atoms with Gasteiger partial charge in [0.1, 0.15) is 0 Å². The molecule has 0 amide bonds. The van der Waals surface area contributed by atoms with Crippen LogP contribution in [0, 0.1) is 11.8 Å². The fourth-order valence-corrected chi connectivity index (χ4v) is 5.06. The molecule has 4 rings (SSSR count). The first-order valence-corrected chi connectivity index (χ1v) is 11.5. The molecule has 1 atom stereocenters. The Kier molecular flexibility index (Phi) is 6.54. The molecule has 1 unspecified atom stereocenters. The number of nitrogens with one attached hydrogen (secondary N) is 1. The number of hydrogen-bond acceptors (Lipinski definition) is 1. The molecule has 0 heterocycles. The molecule has 0 radical (unpaired) electrons. The monoisotopic (exact) mass is 385 g/mol. The first kappa shape index (κ1) is 20.0. The summed E-state index contributed by atoms with van der Waals surface area (Å²) in [5.74, 6) is 1.43. The molecule has 0 bridgehead atoms. The normalized spacial score (nSPS) is 20.2. The summed E-state index contributed by atoms with van der Waals surface area (Å²) in [5, 5.41) is 3.51. The fourth-order valence-electron chi connectivity index (χ4n) is 5.06. The lowest BCUT2D eigenvalue weighted by molar-refractivity contribution is 0.356. The third-order valence-corrected chi connectivity index (χ3v) is 6.94. The van der Waals surface area contributed by atoms with Crippen LogP contribution in [-0.4, -0.2) is 0 Å². The van der Waals surface area contributed by atoms with Gasteiger partial charge in [0.15, 0.2) is 0 Å². The van der Waals surface area contributed by atoms with E-state index < -0.39 is 0 Å². The Bertz CT molecular complexity index is 855. The maximum Gasteiger partial charge on any atom is 0.0108 e. The molecular formula is C28H35N. The van der Waals surface area contributed by atoms with E-state index in [2.05, 4.69) is 73.6 Å². The van der Waals surface area contributed by atoms with Crippen LogP contribution in [0.1, 0.15) is 67.7 Å². The van der Waals surface area contributed by atoms with E-state index in [-0.39, 0.29) is 0 Å². The van der Waals surface area contributed by atoms with Crippen LogP contribution < -0.4 is 5.32 Å². The molecule has 2 aromatic rings. The summed E-state index contributed by atoms with van der Waals surface area (Å²) in [6.07, 6.45) is 14.0. The largest absolute Gasteiger partial charge is 0.365 e. The van der Waals surface area contributed by atoms with Gasteiger partial charge in [0.05, 0.1) is 0 Å². The number of benzene rings is 2. The maximum atomic E-state index is 4.38. The molecule has 152 valence electrons. The van der Waals surface area contributed by atoms with Crippen molar-refractivity contribution >= 4 is 5.57 Å². The first-order chi connectivity index (χ1) is 14.2. The highest BCUT2D eigenvalue weighted by molar-refractivity contribution is 5.63. The van der Waals surface area contributed by atoms with E-state index in [1.165, 1.54) is 62.5 Å². The average Bonchev–Trinajstić information content (AvgIpc) is 2.78. The van der Waals surface area contributed by atoms with E-state index in [9.17, 15) is 0 Å². The van der Waals surface area contributed by atoms with Crippen LogP contribution in [0.3, 0.4) is 0 Å². The Morgan fingerprint density at radius 3 is 2.59 bits per heavy atom. The van der Waals surface area contributed by atoms with E-state index in [1.54, 1.807) is 16.7 Å². The van der Waals surface area contributed by atoms with Gasteiger partial charge in [-0.2, -0.15) is 0 Å². The summed E-state index contributed by atoms with van der Waals surface area (Å²) >= 11 is 0. The van der Waals surface area contributed by atoms with E-state index in [4.69, 9.17) is 0 Å². The lowest BCUT2D eigenvalue weighted by atomic mass is 9.80. The highest BCUT2D eigenvalue weighted by Gasteiger charge is 2.22. The van der Waals surface area contributed by atoms with E-state index in [0.29, 0.717) is 5.92 Å². The Morgan fingerprint density at radius 2 is 1.79 bits per heavy atom. The van der Waals surface area contributed by atoms with Gasteiger partial charge in [-0.25, -0.2) is 0 Å². The summed E-state index contributed by atoms with van der Waals surface area (Å²) in [4.78, 5) is 0. The zero-order chi connectivity index (χ0) is 20.1. The molecule has 1 fully saturated rings. The van der Waals surface area contributed by atoms with E-state index >= 15 is 0 Å². The lowest BCUT2D eigenvalue weighted by Gasteiger charge is -2.28. The van der Waals surface area contributed by atoms with Crippen molar-refractivity contribution in [3.63, 3.8) is 0 Å². The second-order valence-corrected chi connectivity index (χ2v) is 9.11. The molecule has 2 aliphatic rings. The van der Waals surface area contributed by atoms with Crippen molar-refractivity contribution in [3.05, 3.63) is 89.3 Å². The summed E-state index contributed by atoms with van der Waals surface area (Å²) in [6.45, 7) is 6.53. The molecule has 0 spiro atoms. The summed E-state index contributed by atoms with van der Waals surface area (Å²) < 4.78 is 0. The average molecular weight is 386 g/mol. The van der Waals surface area contributed by atoms with Gasteiger partial charge >= 0.3 is 0 Å². The molecule has 29 heavy (non-hydrogen) atoms. The van der Waals surface area contributed by atoms with Crippen molar-refractivity contribution in [3.8, 4) is 0 Å². The Hall–Kier alpha value is -2.28. The minimum atomic E-state index is 0.521. The molecule has 1 saturated carbocycles. The minimum absolute atomic E-state index is 0.521. The predicted octanol–water partition coefficient (Wildman–Crippen LogP) is 7.08. The van der Waals surface area contributed by atoms with E-state index in [1.807, 2.05) is 0 Å². The van der Waals surface area contributed by atoms with Gasteiger partial charge in [-0.1, -0.05) is 87.2 Å². The van der Waals surface area contributed by atoms with Gasteiger partial charge in [0.2, 0.25) is 0 Å². The topological polar surface area (TPSA) is 12.0 Å². The van der Waals surface area contributed by atoms with Crippen LogP contribution in [0.2, 0.25) is 0 Å². The molecule has 0 aromatic heterocycles. The van der Waals surface area contributed by atoms with E-state index in [0.717, 1.165) is 18.0 Å². The van der Waals surface area contributed by atoms with Gasteiger partial charge in [-0.15, -0.1) is 0 Å². The Balaban J connectivity index is 1.38. The van der Waals surface area contributed by atoms with Crippen LogP contribution >= 0.6 is 0 Å². The Labute approximate surface area is 176 Å². The SMILES string of the molecule is C=C(N/C=C(\C)c1ccccc1)C1CCc2ccc(CC3CCCCC3)cc2C1. The van der Waals surface area contributed by atoms with Crippen molar-refractivity contribution in [2.75, 3.05) is 0 Å². The van der Waals surface area contributed by atoms with Crippen LogP contribution in [0.5, 0.6) is 0 Å². The van der Waals surface area contributed by atoms with Crippen molar-refractivity contribution in [1.82, 2.24) is 5.32 Å². The standard InChI is InChI=1S/C28H35N/c1-21(25-11-7-4-8-12-25)20-29-22(2)27-16-15-26-14-13-24(18-28(26)19-27)17-23-9-5-3-6-10-23/h4,7-8,11-14,18,20,23,27,29H,2-3,5-6,9-10,15-17,19H2,1H3/b21-20+. The fraction of sp³-hybridized carbons (Fsp3) is 0.429. The van der Waals surface area contributed by atoms with Crippen molar-refractivity contribution in [2.24, 2.45) is 11.8 Å². The summed E-state index contributed by atoms with van der Waals surface area (Å²) in [6, 6.07) is 17.8. The molecule has 0 saturated heterocycles. The maximum absolute atomic E-state index is 4.38. The third kappa shape index (κ3) is 5.21. The quantitative estimate of drug-likeness (QED) is 0.560. The molecule has 2 aromatic carbocycles. The van der Waals surface area contributed by atoms with Gasteiger partial charge in [0, 0.05) is 17.8 Å². The molecular weight excluding hydrogens is 350 g/mol. The van der Waals surface area contributed by atoms with Gasteiger partial charge < -0.3 is 5.32 Å². The molecule has 1 N–H and O–H groups in total. The zero-order valence-corrected chi connectivity index (χ0v) is 17.9. The van der Waals surface area contributed by atoms with Crippen LogP contribution in [0.15, 0.2) is 67.0 Å². The van der Waals surface area contributed by atoms with Crippen LogP contribution in [0.4, 0.5) is 0 Å². The number of aryl methyl sites for hydroxylation is 1. The highest BCUT2D eigenvalue weighted by Crippen LogP contribution is 2.32. The smallest absolute Gasteiger partial charge is 0.0108 e. The minimum Gasteiger partial charge on any atom is -0.365 e. The van der Waals surface area contributed by atoms with Gasteiger partial charge in [-0.3, -0.25) is 0 Å². The lowest BCUT2D eigenvalue weighted by Crippen LogP contribution is -2.22. The Morgan fingerprint density at radius 1 is 1.00 bits per heavy atom. The van der Waals surface area contributed by atoms with Crippen molar-refractivity contribution < 1.29 is 0 Å². The van der Waals surface area contributed by atoms with Crippen molar-refractivity contribution in [2.45, 2.75) is 64.7 Å². The van der Waals surface area contributed by atoms with Crippen molar-refractivity contribution in [1.29, 1.82) is 0 Å². The molecule has 1 nitrogen and oxygen atoms in total. The molecule has 2 aliphatic carbocycles. The second kappa shape index (κ2) is 9.48. The zero-order valence-electron chi connectivity index (χ0n) is 17.9.